The Morgan fingerprint density at radius 1 is 1.00 bits per heavy atom. The Hall–Kier alpha value is -1.93. The van der Waals surface area contributed by atoms with E-state index in [4.69, 9.17) is 4.74 Å². The fraction of sp³-hybridized carbons (Fsp3) is 0.462. The number of halogens is 6. The summed E-state index contributed by atoms with van der Waals surface area (Å²) in [5.41, 5.74) is -4.84. The minimum Gasteiger partial charge on any atom is -0.444 e. The molecule has 0 heterocycles. The van der Waals surface area contributed by atoms with Crippen LogP contribution in [0, 0.1) is 0 Å². The number of nitrogens with one attached hydrogen (secondary N) is 1. The summed E-state index contributed by atoms with van der Waals surface area (Å²) in [6.45, 7) is 4.47. The molecule has 0 saturated carbocycles. The van der Waals surface area contributed by atoms with E-state index in [0.29, 0.717) is 12.1 Å². The molecule has 0 radical (unpaired) electrons. The first-order valence-corrected chi connectivity index (χ1v) is 5.98. The van der Waals surface area contributed by atoms with Gasteiger partial charge in [-0.1, -0.05) is 0 Å². The number of rotatable bonds is 1. The maximum atomic E-state index is 12.8. The van der Waals surface area contributed by atoms with Crippen LogP contribution in [0.5, 0.6) is 0 Å². The Morgan fingerprint density at radius 3 is 1.95 bits per heavy atom. The van der Waals surface area contributed by atoms with Crippen LogP contribution in [-0.4, -0.2) is 11.7 Å². The Labute approximate surface area is 122 Å². The zero-order valence-electron chi connectivity index (χ0n) is 11.8. The predicted molar refractivity (Wildman–Crippen MR) is 66.3 cm³/mol. The van der Waals surface area contributed by atoms with Gasteiger partial charge in [0.1, 0.15) is 5.60 Å². The Morgan fingerprint density at radius 2 is 1.55 bits per heavy atom. The molecular weight excluding hydrogens is 316 g/mol. The number of ether oxygens (including phenoxy) is 1. The van der Waals surface area contributed by atoms with Crippen molar-refractivity contribution < 1.29 is 35.9 Å². The smallest absolute Gasteiger partial charge is 0.418 e. The highest BCUT2D eigenvalue weighted by Crippen LogP contribution is 2.39. The van der Waals surface area contributed by atoms with Crippen molar-refractivity contribution in [3.63, 3.8) is 0 Å². The number of carbonyl (C=O) groups excluding carboxylic acids is 1. The molecule has 1 amide bonds. The summed E-state index contributed by atoms with van der Waals surface area (Å²) in [5, 5.41) is 1.80. The Kier molecular flexibility index (Phi) is 4.69. The maximum absolute atomic E-state index is 12.8. The molecule has 0 fully saturated rings. The molecule has 22 heavy (non-hydrogen) atoms. The summed E-state index contributed by atoms with van der Waals surface area (Å²) in [6, 6.07) is 0.921. The van der Waals surface area contributed by atoms with Crippen LogP contribution in [0.25, 0.3) is 0 Å². The maximum Gasteiger partial charge on any atom is 0.418 e. The Bertz CT molecular complexity index is 557. The van der Waals surface area contributed by atoms with Gasteiger partial charge in [-0.15, -0.1) is 0 Å². The number of anilines is 1. The molecule has 0 atom stereocenters. The van der Waals surface area contributed by atoms with Gasteiger partial charge in [0.15, 0.2) is 0 Å². The third-order valence-electron chi connectivity index (χ3n) is 2.29. The zero-order valence-corrected chi connectivity index (χ0v) is 11.8. The van der Waals surface area contributed by atoms with Gasteiger partial charge in [-0.05, 0) is 39.0 Å². The molecule has 1 aromatic rings. The molecule has 3 nitrogen and oxygen atoms in total. The molecular formula is C13H13F6NO2. The monoisotopic (exact) mass is 329 g/mol. The normalized spacial score (nSPS) is 13.0. The van der Waals surface area contributed by atoms with Crippen molar-refractivity contribution in [2.24, 2.45) is 0 Å². The third kappa shape index (κ3) is 5.12. The van der Waals surface area contributed by atoms with E-state index >= 15 is 0 Å². The lowest BCUT2D eigenvalue weighted by atomic mass is 10.1. The molecule has 9 heteroatoms. The fourth-order valence-corrected chi connectivity index (χ4v) is 1.48. The topological polar surface area (TPSA) is 38.3 Å². The second-order valence-corrected chi connectivity index (χ2v) is 5.38. The second-order valence-electron chi connectivity index (χ2n) is 5.38. The van der Waals surface area contributed by atoms with Crippen LogP contribution < -0.4 is 5.32 Å². The van der Waals surface area contributed by atoms with Crippen molar-refractivity contribution in [3.05, 3.63) is 29.3 Å². The number of alkyl halides is 6. The number of amides is 1. The van der Waals surface area contributed by atoms with Gasteiger partial charge in [-0.25, -0.2) is 4.79 Å². The number of benzene rings is 1. The number of hydrogen-bond donors (Lipinski definition) is 1. The fourth-order valence-electron chi connectivity index (χ4n) is 1.48. The first-order chi connectivity index (χ1) is 9.70. The quantitative estimate of drug-likeness (QED) is 0.731. The van der Waals surface area contributed by atoms with Crippen LogP contribution in [-0.2, 0) is 17.1 Å². The summed E-state index contributed by atoms with van der Waals surface area (Å²) < 4.78 is 80.8. The predicted octanol–water partition coefficient (Wildman–Crippen LogP) is 5.07. The minimum absolute atomic E-state index is 0.0628. The summed E-state index contributed by atoms with van der Waals surface area (Å²) >= 11 is 0. The van der Waals surface area contributed by atoms with Crippen LogP contribution in [0.3, 0.4) is 0 Å². The van der Waals surface area contributed by atoms with Gasteiger partial charge in [0.2, 0.25) is 0 Å². The molecule has 0 saturated heterocycles. The summed E-state index contributed by atoms with van der Waals surface area (Å²) in [6.07, 6.45) is -11.2. The lowest BCUT2D eigenvalue weighted by molar-refractivity contribution is -0.142. The Balaban J connectivity index is 3.17. The molecule has 0 aromatic heterocycles. The highest BCUT2D eigenvalue weighted by molar-refractivity contribution is 5.86. The van der Waals surface area contributed by atoms with Crippen LogP contribution in [0.15, 0.2) is 18.2 Å². The summed E-state index contributed by atoms with van der Waals surface area (Å²) in [4.78, 5) is 11.5. The van der Waals surface area contributed by atoms with E-state index in [1.54, 1.807) is 5.32 Å². The van der Waals surface area contributed by atoms with Crippen molar-refractivity contribution in [2.75, 3.05) is 5.32 Å². The van der Waals surface area contributed by atoms with Crippen LogP contribution in [0.2, 0.25) is 0 Å². The lowest BCUT2D eigenvalue weighted by Gasteiger charge is -2.21. The van der Waals surface area contributed by atoms with E-state index in [2.05, 4.69) is 0 Å². The van der Waals surface area contributed by atoms with E-state index in [0.717, 1.165) is 0 Å². The standard InChI is InChI=1S/C13H13F6NO2/c1-11(2,3)22-10(21)20-9-5-4-7(12(14,15)16)6-8(9)13(17,18)19/h4-6H,1-3H3,(H,20,21). The average molecular weight is 329 g/mol. The average Bonchev–Trinajstić information content (AvgIpc) is 2.23. The molecule has 0 aliphatic carbocycles. The largest absolute Gasteiger partial charge is 0.444 e. The number of carbonyl (C=O) groups is 1. The van der Waals surface area contributed by atoms with Gasteiger partial charge in [0, 0.05) is 0 Å². The van der Waals surface area contributed by atoms with Crippen LogP contribution in [0.4, 0.5) is 36.8 Å². The highest BCUT2D eigenvalue weighted by atomic mass is 19.4. The first-order valence-electron chi connectivity index (χ1n) is 5.98. The molecule has 0 aliphatic heterocycles. The molecule has 1 aromatic carbocycles. The van der Waals surface area contributed by atoms with Crippen molar-refractivity contribution in [2.45, 2.75) is 38.7 Å². The van der Waals surface area contributed by atoms with Crippen molar-refractivity contribution in [1.29, 1.82) is 0 Å². The molecule has 1 N–H and O–H groups in total. The molecule has 0 spiro atoms. The van der Waals surface area contributed by atoms with E-state index in [1.165, 1.54) is 20.8 Å². The van der Waals surface area contributed by atoms with Gasteiger partial charge in [0.05, 0.1) is 16.8 Å². The number of hydrogen-bond acceptors (Lipinski definition) is 2. The van der Waals surface area contributed by atoms with Crippen molar-refractivity contribution >= 4 is 11.8 Å². The zero-order chi connectivity index (χ0) is 17.3. The molecule has 124 valence electrons. The van der Waals surface area contributed by atoms with E-state index in [1.807, 2.05) is 0 Å². The summed E-state index contributed by atoms with van der Waals surface area (Å²) in [7, 11) is 0. The molecule has 0 unspecified atom stereocenters. The molecule has 0 aliphatic rings. The van der Waals surface area contributed by atoms with Crippen LogP contribution in [0.1, 0.15) is 31.9 Å². The van der Waals surface area contributed by atoms with Gasteiger partial charge >= 0.3 is 18.4 Å². The van der Waals surface area contributed by atoms with Crippen molar-refractivity contribution in [3.8, 4) is 0 Å². The van der Waals surface area contributed by atoms with Gasteiger partial charge in [-0.2, -0.15) is 26.3 Å². The van der Waals surface area contributed by atoms with Gasteiger partial charge in [0.25, 0.3) is 0 Å². The van der Waals surface area contributed by atoms with Gasteiger partial charge < -0.3 is 4.74 Å². The van der Waals surface area contributed by atoms with Crippen LogP contribution >= 0.6 is 0 Å². The first kappa shape index (κ1) is 18.1. The minimum atomic E-state index is -5.06. The molecule has 1 rings (SSSR count). The SMILES string of the molecule is CC(C)(C)OC(=O)Nc1ccc(C(F)(F)F)cc1C(F)(F)F. The molecule has 0 bridgehead atoms. The second kappa shape index (κ2) is 5.69. The lowest BCUT2D eigenvalue weighted by Crippen LogP contribution is -2.28. The van der Waals surface area contributed by atoms with E-state index < -0.39 is 40.9 Å². The highest BCUT2D eigenvalue weighted by Gasteiger charge is 2.38. The van der Waals surface area contributed by atoms with E-state index in [9.17, 15) is 31.1 Å². The van der Waals surface area contributed by atoms with Gasteiger partial charge in [-0.3, -0.25) is 5.32 Å². The third-order valence-corrected chi connectivity index (χ3v) is 2.29. The summed E-state index contributed by atoms with van der Waals surface area (Å²) in [5.74, 6) is 0. The van der Waals surface area contributed by atoms with E-state index in [-0.39, 0.29) is 6.07 Å². The van der Waals surface area contributed by atoms with Crippen molar-refractivity contribution in [1.82, 2.24) is 0 Å².